The molecule has 1 aromatic heterocycles. The summed E-state index contributed by atoms with van der Waals surface area (Å²) in [5, 5.41) is 0. The summed E-state index contributed by atoms with van der Waals surface area (Å²) in [7, 11) is 0. The lowest BCUT2D eigenvalue weighted by Crippen LogP contribution is -2.45. The summed E-state index contributed by atoms with van der Waals surface area (Å²) in [6, 6.07) is 3.83. The second kappa shape index (κ2) is 5.78. The molecule has 1 aliphatic rings. The molecule has 1 atom stereocenters. The molecule has 2 rings (SSSR count). The SMILES string of the molecule is Cc1ccc(CN(C(=O)C(N)CC(C)C)C2CC2)o1. The predicted molar refractivity (Wildman–Crippen MR) is 74.4 cm³/mol. The second-order valence-corrected chi connectivity index (χ2v) is 5.95. The van der Waals surface area contributed by atoms with E-state index in [9.17, 15) is 4.79 Å². The average molecular weight is 264 g/mol. The Hall–Kier alpha value is -1.29. The highest BCUT2D eigenvalue weighted by atomic mass is 16.3. The van der Waals surface area contributed by atoms with Gasteiger partial charge in [0.2, 0.25) is 5.91 Å². The van der Waals surface area contributed by atoms with Crippen LogP contribution in [0.25, 0.3) is 0 Å². The van der Waals surface area contributed by atoms with Crippen LogP contribution in [0.4, 0.5) is 0 Å². The molecule has 0 spiro atoms. The van der Waals surface area contributed by atoms with Crippen LogP contribution in [-0.4, -0.2) is 22.9 Å². The van der Waals surface area contributed by atoms with Crippen LogP contribution in [0.1, 0.15) is 44.6 Å². The van der Waals surface area contributed by atoms with E-state index in [-0.39, 0.29) is 5.91 Å². The van der Waals surface area contributed by atoms with Crippen LogP contribution in [-0.2, 0) is 11.3 Å². The van der Waals surface area contributed by atoms with E-state index in [1.165, 1.54) is 0 Å². The third kappa shape index (κ3) is 3.83. The number of rotatable bonds is 6. The van der Waals surface area contributed by atoms with E-state index in [2.05, 4.69) is 13.8 Å². The summed E-state index contributed by atoms with van der Waals surface area (Å²) in [5.74, 6) is 2.22. The molecule has 0 aliphatic heterocycles. The van der Waals surface area contributed by atoms with Crippen LogP contribution in [0, 0.1) is 12.8 Å². The van der Waals surface area contributed by atoms with E-state index < -0.39 is 6.04 Å². The van der Waals surface area contributed by atoms with Crippen molar-refractivity contribution in [2.24, 2.45) is 11.7 Å². The number of hydrogen-bond donors (Lipinski definition) is 1. The minimum Gasteiger partial charge on any atom is -0.464 e. The molecule has 4 nitrogen and oxygen atoms in total. The van der Waals surface area contributed by atoms with Gasteiger partial charge in [0.15, 0.2) is 0 Å². The molecule has 2 N–H and O–H groups in total. The first kappa shape index (κ1) is 14.1. The molecule has 4 heteroatoms. The zero-order valence-electron chi connectivity index (χ0n) is 12.1. The first-order valence-electron chi connectivity index (χ1n) is 7.08. The topological polar surface area (TPSA) is 59.5 Å². The first-order valence-corrected chi connectivity index (χ1v) is 7.08. The minimum absolute atomic E-state index is 0.0604. The van der Waals surface area contributed by atoms with Gasteiger partial charge in [0, 0.05) is 6.04 Å². The molecule has 0 saturated heterocycles. The van der Waals surface area contributed by atoms with Crippen molar-refractivity contribution in [3.8, 4) is 0 Å². The smallest absolute Gasteiger partial charge is 0.240 e. The molecule has 0 radical (unpaired) electrons. The molecule has 1 aromatic rings. The fourth-order valence-corrected chi connectivity index (χ4v) is 2.33. The summed E-state index contributed by atoms with van der Waals surface area (Å²) >= 11 is 0. The molecule has 1 aliphatic carbocycles. The van der Waals surface area contributed by atoms with Gasteiger partial charge in [-0.1, -0.05) is 13.8 Å². The summed E-state index contributed by atoms with van der Waals surface area (Å²) in [6.45, 7) is 6.63. The maximum atomic E-state index is 12.4. The second-order valence-electron chi connectivity index (χ2n) is 5.95. The van der Waals surface area contributed by atoms with Gasteiger partial charge in [-0.3, -0.25) is 4.79 Å². The molecule has 1 heterocycles. The molecule has 0 bridgehead atoms. The Labute approximate surface area is 114 Å². The molecular weight excluding hydrogens is 240 g/mol. The van der Waals surface area contributed by atoms with Crippen molar-refractivity contribution in [2.45, 2.75) is 58.7 Å². The van der Waals surface area contributed by atoms with Gasteiger partial charge in [-0.2, -0.15) is 0 Å². The van der Waals surface area contributed by atoms with E-state index >= 15 is 0 Å². The molecule has 1 fully saturated rings. The van der Waals surface area contributed by atoms with E-state index in [1.54, 1.807) is 0 Å². The van der Waals surface area contributed by atoms with E-state index in [4.69, 9.17) is 10.2 Å². The van der Waals surface area contributed by atoms with Crippen LogP contribution in [0.2, 0.25) is 0 Å². The highest BCUT2D eigenvalue weighted by molar-refractivity contribution is 5.82. The molecule has 19 heavy (non-hydrogen) atoms. The predicted octanol–water partition coefficient (Wildman–Crippen LogP) is 2.45. The fraction of sp³-hybridized carbons (Fsp3) is 0.667. The largest absolute Gasteiger partial charge is 0.464 e. The highest BCUT2D eigenvalue weighted by Gasteiger charge is 2.35. The van der Waals surface area contributed by atoms with Crippen LogP contribution < -0.4 is 5.73 Å². The summed E-state index contributed by atoms with van der Waals surface area (Å²) in [4.78, 5) is 14.3. The Balaban J connectivity index is 2.01. The summed E-state index contributed by atoms with van der Waals surface area (Å²) in [5.41, 5.74) is 6.02. The number of carbonyl (C=O) groups excluding carboxylic acids is 1. The zero-order valence-corrected chi connectivity index (χ0v) is 12.1. The Bertz CT molecular complexity index is 435. The Morgan fingerprint density at radius 2 is 2.16 bits per heavy atom. The van der Waals surface area contributed by atoms with Gasteiger partial charge in [0.05, 0.1) is 12.6 Å². The van der Waals surface area contributed by atoms with Crippen LogP contribution in [0.15, 0.2) is 16.5 Å². The standard InChI is InChI=1S/C15H24N2O2/c1-10(2)8-14(16)15(18)17(12-5-6-12)9-13-7-4-11(3)19-13/h4,7,10,12,14H,5-6,8-9,16H2,1-3H3. The van der Waals surface area contributed by atoms with Crippen molar-refractivity contribution in [3.05, 3.63) is 23.7 Å². The van der Waals surface area contributed by atoms with Gasteiger partial charge in [-0.05, 0) is 44.2 Å². The number of carbonyl (C=O) groups is 1. The number of nitrogens with zero attached hydrogens (tertiary/aromatic N) is 1. The van der Waals surface area contributed by atoms with Crippen molar-refractivity contribution in [2.75, 3.05) is 0 Å². The molecule has 1 unspecified atom stereocenters. The third-order valence-electron chi connectivity index (χ3n) is 3.44. The van der Waals surface area contributed by atoms with Gasteiger partial charge < -0.3 is 15.1 Å². The lowest BCUT2D eigenvalue weighted by molar-refractivity contribution is -0.134. The number of hydrogen-bond acceptors (Lipinski definition) is 3. The average Bonchev–Trinajstić information content (AvgIpc) is 3.08. The highest BCUT2D eigenvalue weighted by Crippen LogP contribution is 2.29. The molecule has 1 amide bonds. The lowest BCUT2D eigenvalue weighted by atomic mass is 10.0. The van der Waals surface area contributed by atoms with Crippen LogP contribution in [0.3, 0.4) is 0 Å². The van der Waals surface area contributed by atoms with Crippen molar-refractivity contribution in [3.63, 3.8) is 0 Å². The van der Waals surface area contributed by atoms with Gasteiger partial charge >= 0.3 is 0 Å². The van der Waals surface area contributed by atoms with Crippen molar-refractivity contribution in [1.29, 1.82) is 0 Å². The molecule has 0 aromatic carbocycles. The van der Waals surface area contributed by atoms with Crippen LogP contribution in [0.5, 0.6) is 0 Å². The van der Waals surface area contributed by atoms with Gasteiger partial charge in [-0.15, -0.1) is 0 Å². The van der Waals surface area contributed by atoms with E-state index in [0.717, 1.165) is 30.8 Å². The van der Waals surface area contributed by atoms with Gasteiger partial charge in [-0.25, -0.2) is 0 Å². The number of furan rings is 1. The zero-order chi connectivity index (χ0) is 14.0. The van der Waals surface area contributed by atoms with E-state index in [0.29, 0.717) is 18.5 Å². The van der Waals surface area contributed by atoms with E-state index in [1.807, 2.05) is 24.0 Å². The first-order chi connectivity index (χ1) is 8.97. The Morgan fingerprint density at radius 3 is 2.63 bits per heavy atom. The maximum Gasteiger partial charge on any atom is 0.240 e. The third-order valence-corrected chi connectivity index (χ3v) is 3.44. The number of aryl methyl sites for hydroxylation is 1. The maximum absolute atomic E-state index is 12.4. The van der Waals surface area contributed by atoms with Gasteiger partial charge in [0.25, 0.3) is 0 Å². The van der Waals surface area contributed by atoms with Crippen LogP contribution >= 0.6 is 0 Å². The molecular formula is C15H24N2O2. The fourth-order valence-electron chi connectivity index (χ4n) is 2.33. The normalized spacial score (nSPS) is 16.7. The summed E-state index contributed by atoms with van der Waals surface area (Å²) < 4.78 is 5.57. The quantitative estimate of drug-likeness (QED) is 0.858. The molecule has 106 valence electrons. The van der Waals surface area contributed by atoms with Gasteiger partial charge in [0.1, 0.15) is 11.5 Å². The van der Waals surface area contributed by atoms with Crippen molar-refractivity contribution in [1.82, 2.24) is 4.90 Å². The number of nitrogens with two attached hydrogens (primary N) is 1. The Kier molecular flexibility index (Phi) is 4.30. The van der Waals surface area contributed by atoms with Crippen molar-refractivity contribution < 1.29 is 9.21 Å². The van der Waals surface area contributed by atoms with Crippen molar-refractivity contribution >= 4 is 5.91 Å². The molecule has 1 saturated carbocycles. The minimum atomic E-state index is -0.392. The summed E-state index contributed by atoms with van der Waals surface area (Å²) in [6.07, 6.45) is 2.90. The monoisotopic (exact) mass is 264 g/mol. The Morgan fingerprint density at radius 1 is 1.47 bits per heavy atom. The lowest BCUT2D eigenvalue weighted by Gasteiger charge is -2.25. The number of amides is 1.